The molecule has 1 atom stereocenters. The number of pyridine rings is 1. The second-order valence-electron chi connectivity index (χ2n) is 7.54. The summed E-state index contributed by atoms with van der Waals surface area (Å²) in [4.78, 5) is 43.8. The molecule has 2 heterocycles. The van der Waals surface area contributed by atoms with Gasteiger partial charge in [0.2, 0.25) is 5.91 Å². The highest BCUT2D eigenvalue weighted by Gasteiger charge is 2.38. The van der Waals surface area contributed by atoms with Crippen LogP contribution in [-0.4, -0.2) is 29.6 Å². The summed E-state index contributed by atoms with van der Waals surface area (Å²) in [6.07, 6.45) is 3.18. The van der Waals surface area contributed by atoms with E-state index < -0.39 is 29.2 Å². The van der Waals surface area contributed by atoms with Gasteiger partial charge >= 0.3 is 0 Å². The van der Waals surface area contributed by atoms with E-state index in [9.17, 15) is 23.2 Å². The third kappa shape index (κ3) is 4.12. The molecule has 0 radical (unpaired) electrons. The first-order chi connectivity index (χ1) is 15.3. The lowest BCUT2D eigenvalue weighted by atomic mass is 9.85. The van der Waals surface area contributed by atoms with Crippen molar-refractivity contribution in [2.45, 2.75) is 13.0 Å². The summed E-state index contributed by atoms with van der Waals surface area (Å²) in [6, 6.07) is 11.4. The van der Waals surface area contributed by atoms with Crippen LogP contribution in [0.2, 0.25) is 0 Å². The highest BCUT2D eigenvalue weighted by molar-refractivity contribution is 6.22. The van der Waals surface area contributed by atoms with Crippen LogP contribution in [0, 0.1) is 17.6 Å². The molecule has 0 fully saturated rings. The molecule has 1 aromatic heterocycles. The normalized spacial score (nSPS) is 15.5. The standard InChI is InChI=1S/C24H19F2N3O3/c1-29-21-5-3-16(23(31)28-13-14-6-8-27-9-7-14)12-17(21)22(30)18(24(29)32)10-15-2-4-19(25)20(26)11-15/h2-9,11-12,18H,10,13H2,1H3,(H,28,31). The van der Waals surface area contributed by atoms with E-state index in [1.807, 2.05) is 0 Å². The van der Waals surface area contributed by atoms with Crippen molar-refractivity contribution in [2.24, 2.45) is 5.92 Å². The van der Waals surface area contributed by atoms with E-state index >= 15 is 0 Å². The molecular weight excluding hydrogens is 416 g/mol. The van der Waals surface area contributed by atoms with Crippen LogP contribution in [0.15, 0.2) is 60.9 Å². The molecule has 6 nitrogen and oxygen atoms in total. The topological polar surface area (TPSA) is 79.4 Å². The number of aromatic nitrogens is 1. The third-order valence-electron chi connectivity index (χ3n) is 5.46. The zero-order valence-corrected chi connectivity index (χ0v) is 17.1. The van der Waals surface area contributed by atoms with Gasteiger partial charge in [-0.1, -0.05) is 6.07 Å². The Morgan fingerprint density at radius 2 is 1.75 bits per heavy atom. The Hall–Kier alpha value is -3.94. The lowest BCUT2D eigenvalue weighted by molar-refractivity contribution is -0.121. The molecule has 0 saturated carbocycles. The number of carbonyl (C=O) groups excluding carboxylic acids is 3. The van der Waals surface area contributed by atoms with Gasteiger partial charge in [-0.25, -0.2) is 8.78 Å². The summed E-state index contributed by atoms with van der Waals surface area (Å²) in [5, 5.41) is 2.78. The third-order valence-corrected chi connectivity index (χ3v) is 5.46. The lowest BCUT2D eigenvalue weighted by Crippen LogP contribution is -2.43. The molecular formula is C24H19F2N3O3. The van der Waals surface area contributed by atoms with Crippen LogP contribution in [-0.2, 0) is 17.8 Å². The highest BCUT2D eigenvalue weighted by Crippen LogP contribution is 2.32. The number of benzene rings is 2. The number of hydrogen-bond acceptors (Lipinski definition) is 4. The van der Waals surface area contributed by atoms with Crippen LogP contribution in [0.3, 0.4) is 0 Å². The summed E-state index contributed by atoms with van der Waals surface area (Å²) in [5.41, 5.74) is 2.11. The summed E-state index contributed by atoms with van der Waals surface area (Å²) in [7, 11) is 1.54. The first kappa shape index (κ1) is 21.3. The molecule has 32 heavy (non-hydrogen) atoms. The predicted octanol–water partition coefficient (Wildman–Crippen LogP) is 3.31. The van der Waals surface area contributed by atoms with Crippen molar-refractivity contribution in [1.29, 1.82) is 0 Å². The summed E-state index contributed by atoms with van der Waals surface area (Å²) < 4.78 is 26.8. The van der Waals surface area contributed by atoms with Gasteiger partial charge in [0.15, 0.2) is 17.4 Å². The maximum absolute atomic E-state index is 13.6. The Morgan fingerprint density at radius 1 is 1.00 bits per heavy atom. The van der Waals surface area contributed by atoms with Gasteiger partial charge in [-0.3, -0.25) is 19.4 Å². The monoisotopic (exact) mass is 435 g/mol. The largest absolute Gasteiger partial charge is 0.348 e. The molecule has 0 saturated heterocycles. The number of ketones is 1. The quantitative estimate of drug-likeness (QED) is 0.624. The molecule has 3 aromatic rings. The molecule has 0 aliphatic carbocycles. The summed E-state index contributed by atoms with van der Waals surface area (Å²) >= 11 is 0. The minimum absolute atomic E-state index is 0.0723. The molecule has 0 spiro atoms. The molecule has 2 aromatic carbocycles. The molecule has 1 aliphatic rings. The Morgan fingerprint density at radius 3 is 2.47 bits per heavy atom. The number of carbonyl (C=O) groups is 3. The minimum Gasteiger partial charge on any atom is -0.348 e. The molecule has 1 N–H and O–H groups in total. The van der Waals surface area contributed by atoms with Gasteiger partial charge in [-0.2, -0.15) is 0 Å². The Labute approximate surface area is 182 Å². The van der Waals surface area contributed by atoms with E-state index in [1.165, 1.54) is 24.1 Å². The van der Waals surface area contributed by atoms with Crippen LogP contribution in [0.5, 0.6) is 0 Å². The molecule has 8 heteroatoms. The molecule has 1 aliphatic heterocycles. The zero-order chi connectivity index (χ0) is 22.8. The van der Waals surface area contributed by atoms with E-state index in [0.717, 1.165) is 17.7 Å². The van der Waals surface area contributed by atoms with Crippen LogP contribution in [0.4, 0.5) is 14.5 Å². The smallest absolute Gasteiger partial charge is 0.251 e. The van der Waals surface area contributed by atoms with Crippen molar-refractivity contribution in [3.8, 4) is 0 Å². The van der Waals surface area contributed by atoms with E-state index in [0.29, 0.717) is 17.8 Å². The second kappa shape index (κ2) is 8.66. The van der Waals surface area contributed by atoms with Gasteiger partial charge in [0.1, 0.15) is 5.92 Å². The van der Waals surface area contributed by atoms with Crippen molar-refractivity contribution in [2.75, 3.05) is 11.9 Å². The van der Waals surface area contributed by atoms with Gasteiger partial charge in [-0.15, -0.1) is 0 Å². The first-order valence-corrected chi connectivity index (χ1v) is 9.92. The van der Waals surface area contributed by atoms with Gasteiger partial charge in [0.05, 0.1) is 5.69 Å². The fourth-order valence-corrected chi connectivity index (χ4v) is 3.69. The lowest BCUT2D eigenvalue weighted by Gasteiger charge is -2.30. The van der Waals surface area contributed by atoms with Crippen molar-refractivity contribution in [3.63, 3.8) is 0 Å². The van der Waals surface area contributed by atoms with Crippen molar-refractivity contribution in [3.05, 3.63) is 94.8 Å². The van der Waals surface area contributed by atoms with E-state index in [-0.39, 0.29) is 23.5 Å². The molecule has 4 rings (SSSR count). The molecule has 162 valence electrons. The van der Waals surface area contributed by atoms with Crippen molar-refractivity contribution in [1.82, 2.24) is 10.3 Å². The number of anilines is 1. The van der Waals surface area contributed by atoms with Crippen LogP contribution >= 0.6 is 0 Å². The fourth-order valence-electron chi connectivity index (χ4n) is 3.69. The Kier molecular flexibility index (Phi) is 5.77. The van der Waals surface area contributed by atoms with Crippen LogP contribution < -0.4 is 10.2 Å². The first-order valence-electron chi connectivity index (χ1n) is 9.92. The number of amides is 2. The average molecular weight is 435 g/mol. The highest BCUT2D eigenvalue weighted by atomic mass is 19.2. The van der Waals surface area contributed by atoms with Gasteiger partial charge in [0, 0.05) is 37.1 Å². The maximum atomic E-state index is 13.6. The number of nitrogens with zero attached hydrogens (tertiary/aromatic N) is 2. The number of nitrogens with one attached hydrogen (secondary N) is 1. The van der Waals surface area contributed by atoms with E-state index in [2.05, 4.69) is 10.3 Å². The van der Waals surface area contributed by atoms with Crippen LogP contribution in [0.25, 0.3) is 0 Å². The van der Waals surface area contributed by atoms with Gasteiger partial charge in [-0.05, 0) is 60.0 Å². The SMILES string of the molecule is CN1C(=O)C(Cc2ccc(F)c(F)c2)C(=O)c2cc(C(=O)NCc3ccncc3)ccc21. The molecule has 0 bridgehead atoms. The van der Waals surface area contributed by atoms with Crippen LogP contribution in [0.1, 0.15) is 31.8 Å². The maximum Gasteiger partial charge on any atom is 0.251 e. The van der Waals surface area contributed by atoms with E-state index in [4.69, 9.17) is 0 Å². The summed E-state index contributed by atoms with van der Waals surface area (Å²) in [5.74, 6) is -4.40. The molecule has 2 amide bonds. The fraction of sp³-hybridized carbons (Fsp3) is 0.167. The Balaban J connectivity index is 1.57. The average Bonchev–Trinajstić information content (AvgIpc) is 2.81. The van der Waals surface area contributed by atoms with Gasteiger partial charge < -0.3 is 10.2 Å². The number of hydrogen-bond donors (Lipinski definition) is 1. The van der Waals surface area contributed by atoms with Crippen molar-refractivity contribution >= 4 is 23.3 Å². The van der Waals surface area contributed by atoms with Crippen molar-refractivity contribution < 1.29 is 23.2 Å². The zero-order valence-electron chi connectivity index (χ0n) is 17.1. The Bertz CT molecular complexity index is 1210. The number of Topliss-reactive ketones (excluding diaryl/α,β-unsaturated/α-hetero) is 1. The van der Waals surface area contributed by atoms with Gasteiger partial charge in [0.25, 0.3) is 5.91 Å². The van der Waals surface area contributed by atoms with E-state index in [1.54, 1.807) is 36.7 Å². The second-order valence-corrected chi connectivity index (χ2v) is 7.54. The number of rotatable bonds is 5. The minimum atomic E-state index is -1.09. The number of fused-ring (bicyclic) bond motifs is 1. The number of halogens is 2. The summed E-state index contributed by atoms with van der Waals surface area (Å²) in [6.45, 7) is 0.295. The molecule has 1 unspecified atom stereocenters. The predicted molar refractivity (Wildman–Crippen MR) is 113 cm³/mol.